The van der Waals surface area contributed by atoms with Gasteiger partial charge in [0.2, 0.25) is 0 Å². The molecule has 0 aliphatic heterocycles. The van der Waals surface area contributed by atoms with Gasteiger partial charge in [-0.1, -0.05) is 17.3 Å². The molecule has 110 valence electrons. The van der Waals surface area contributed by atoms with E-state index in [0.717, 1.165) is 29.1 Å². The molecule has 0 bridgehead atoms. The van der Waals surface area contributed by atoms with Gasteiger partial charge in [-0.2, -0.15) is 0 Å². The minimum absolute atomic E-state index is 0.531. The van der Waals surface area contributed by atoms with Gasteiger partial charge in [0.05, 0.1) is 30.4 Å². The molecule has 3 rings (SSSR count). The maximum Gasteiger partial charge on any atom is 0.163 e. The van der Waals surface area contributed by atoms with Crippen LogP contribution in [0.2, 0.25) is 0 Å². The Labute approximate surface area is 122 Å². The first-order valence-corrected chi connectivity index (χ1v) is 6.88. The van der Waals surface area contributed by atoms with Crippen molar-refractivity contribution in [2.24, 2.45) is 5.73 Å². The lowest BCUT2D eigenvalue weighted by Gasteiger charge is -2.06. The average molecular weight is 286 g/mol. The molecule has 3 aromatic rings. The van der Waals surface area contributed by atoms with Gasteiger partial charge in [-0.05, 0) is 12.1 Å². The van der Waals surface area contributed by atoms with Crippen molar-refractivity contribution < 1.29 is 4.74 Å². The van der Waals surface area contributed by atoms with E-state index in [1.807, 2.05) is 30.5 Å². The summed E-state index contributed by atoms with van der Waals surface area (Å²) in [6, 6.07) is 8.02. The number of rotatable bonds is 6. The van der Waals surface area contributed by atoms with Gasteiger partial charge in [0.1, 0.15) is 5.69 Å². The predicted octanol–water partition coefficient (Wildman–Crippen LogP) is 0.900. The molecular formula is C14H18N6O. The van der Waals surface area contributed by atoms with Gasteiger partial charge in [0.15, 0.2) is 5.82 Å². The molecule has 0 fully saturated rings. The Balaban J connectivity index is 2.06. The van der Waals surface area contributed by atoms with Gasteiger partial charge in [0.25, 0.3) is 0 Å². The number of para-hydroxylation sites is 2. The Morgan fingerprint density at radius 1 is 1.24 bits per heavy atom. The van der Waals surface area contributed by atoms with E-state index in [4.69, 9.17) is 10.5 Å². The third-order valence-corrected chi connectivity index (χ3v) is 3.30. The lowest BCUT2D eigenvalue weighted by atomic mass is 10.3. The van der Waals surface area contributed by atoms with Crippen molar-refractivity contribution >= 4 is 11.0 Å². The maximum absolute atomic E-state index is 5.54. The summed E-state index contributed by atoms with van der Waals surface area (Å²) >= 11 is 0. The number of imidazole rings is 1. The number of nitrogens with zero attached hydrogens (tertiary/aromatic N) is 5. The van der Waals surface area contributed by atoms with Crippen LogP contribution in [0.3, 0.4) is 0 Å². The zero-order valence-corrected chi connectivity index (χ0v) is 11.9. The van der Waals surface area contributed by atoms with E-state index >= 15 is 0 Å². The first-order valence-electron chi connectivity index (χ1n) is 6.88. The van der Waals surface area contributed by atoms with Gasteiger partial charge < -0.3 is 15.0 Å². The second-order valence-electron chi connectivity index (χ2n) is 4.72. The normalized spacial score (nSPS) is 11.3. The zero-order chi connectivity index (χ0) is 14.7. The summed E-state index contributed by atoms with van der Waals surface area (Å²) in [4.78, 5) is 4.67. The molecule has 0 atom stereocenters. The van der Waals surface area contributed by atoms with E-state index < -0.39 is 0 Å². The van der Waals surface area contributed by atoms with Crippen LogP contribution in [0.1, 0.15) is 0 Å². The monoisotopic (exact) mass is 286 g/mol. The highest BCUT2D eigenvalue weighted by Gasteiger charge is 2.15. The number of methoxy groups -OCH3 is 1. The number of hydrogen-bond donors (Lipinski definition) is 1. The Bertz CT molecular complexity index is 732. The molecule has 2 aromatic heterocycles. The molecule has 0 aliphatic carbocycles. The Morgan fingerprint density at radius 3 is 2.90 bits per heavy atom. The summed E-state index contributed by atoms with van der Waals surface area (Å²) in [6.07, 6.45) is 1.87. The Morgan fingerprint density at radius 2 is 2.10 bits per heavy atom. The highest BCUT2D eigenvalue weighted by atomic mass is 16.5. The molecule has 7 heteroatoms. The molecule has 0 radical (unpaired) electrons. The number of aromatic nitrogens is 5. The summed E-state index contributed by atoms with van der Waals surface area (Å²) in [5.41, 5.74) is 8.29. The van der Waals surface area contributed by atoms with Crippen molar-refractivity contribution in [3.63, 3.8) is 0 Å². The van der Waals surface area contributed by atoms with Crippen molar-refractivity contribution in [3.8, 4) is 11.5 Å². The fourth-order valence-electron chi connectivity index (χ4n) is 2.32. The second-order valence-corrected chi connectivity index (χ2v) is 4.72. The topological polar surface area (TPSA) is 83.8 Å². The standard InChI is InChI=1S/C14H18N6O/c1-21-9-8-20-13-5-3-2-4-11(13)16-14(20)12-10-19(7-6-15)18-17-12/h2-5,10H,6-9,15H2,1H3. The maximum atomic E-state index is 5.54. The fraction of sp³-hybridized carbons (Fsp3) is 0.357. The van der Waals surface area contributed by atoms with Crippen LogP contribution < -0.4 is 5.73 Å². The number of ether oxygens (including phenoxy) is 1. The molecule has 0 aliphatic rings. The molecule has 2 heterocycles. The predicted molar refractivity (Wildman–Crippen MR) is 79.7 cm³/mol. The third-order valence-electron chi connectivity index (χ3n) is 3.30. The molecule has 0 spiro atoms. The second kappa shape index (κ2) is 6.02. The van der Waals surface area contributed by atoms with E-state index in [0.29, 0.717) is 19.7 Å². The summed E-state index contributed by atoms with van der Waals surface area (Å²) < 4.78 is 9.03. The molecule has 2 N–H and O–H groups in total. The van der Waals surface area contributed by atoms with E-state index in [9.17, 15) is 0 Å². The van der Waals surface area contributed by atoms with E-state index in [1.54, 1.807) is 11.8 Å². The van der Waals surface area contributed by atoms with Crippen LogP contribution in [0.5, 0.6) is 0 Å². The lowest BCUT2D eigenvalue weighted by Crippen LogP contribution is -2.10. The van der Waals surface area contributed by atoms with E-state index in [-0.39, 0.29) is 0 Å². The quantitative estimate of drug-likeness (QED) is 0.728. The van der Waals surface area contributed by atoms with Gasteiger partial charge in [-0.3, -0.25) is 4.68 Å². The van der Waals surface area contributed by atoms with Crippen molar-refractivity contribution in [1.29, 1.82) is 0 Å². The highest BCUT2D eigenvalue weighted by molar-refractivity contribution is 5.79. The van der Waals surface area contributed by atoms with Crippen LogP contribution in [0.4, 0.5) is 0 Å². The molecule has 0 amide bonds. The van der Waals surface area contributed by atoms with E-state index in [2.05, 4.69) is 19.9 Å². The molecule has 1 aromatic carbocycles. The molecule has 0 unspecified atom stereocenters. The van der Waals surface area contributed by atoms with Gasteiger partial charge in [0, 0.05) is 20.2 Å². The molecule has 21 heavy (non-hydrogen) atoms. The molecule has 7 nitrogen and oxygen atoms in total. The Kier molecular flexibility index (Phi) is 3.94. The SMILES string of the molecule is COCCn1c(-c2cn(CCN)nn2)nc2ccccc21. The smallest absolute Gasteiger partial charge is 0.163 e. The van der Waals surface area contributed by atoms with Crippen LogP contribution in [0.15, 0.2) is 30.5 Å². The van der Waals surface area contributed by atoms with Crippen LogP contribution in [0.25, 0.3) is 22.6 Å². The first kappa shape index (κ1) is 13.7. The van der Waals surface area contributed by atoms with Gasteiger partial charge in [-0.15, -0.1) is 5.10 Å². The van der Waals surface area contributed by atoms with Crippen molar-refractivity contribution in [3.05, 3.63) is 30.5 Å². The Hall–Kier alpha value is -2.25. The number of fused-ring (bicyclic) bond motifs is 1. The molecule has 0 saturated carbocycles. The number of benzene rings is 1. The summed E-state index contributed by atoms with van der Waals surface area (Å²) in [7, 11) is 1.69. The van der Waals surface area contributed by atoms with Crippen LogP contribution >= 0.6 is 0 Å². The minimum Gasteiger partial charge on any atom is -0.383 e. The first-order chi connectivity index (χ1) is 10.3. The van der Waals surface area contributed by atoms with Crippen molar-refractivity contribution in [2.45, 2.75) is 13.1 Å². The number of hydrogen-bond acceptors (Lipinski definition) is 5. The largest absolute Gasteiger partial charge is 0.383 e. The third kappa shape index (κ3) is 2.65. The lowest BCUT2D eigenvalue weighted by molar-refractivity contribution is 0.188. The summed E-state index contributed by atoms with van der Waals surface area (Å²) in [6.45, 7) is 2.51. The highest BCUT2D eigenvalue weighted by Crippen LogP contribution is 2.23. The fourth-order valence-corrected chi connectivity index (χ4v) is 2.32. The van der Waals surface area contributed by atoms with Crippen LogP contribution in [-0.4, -0.2) is 44.8 Å². The van der Waals surface area contributed by atoms with E-state index in [1.165, 1.54) is 0 Å². The molecular weight excluding hydrogens is 268 g/mol. The number of nitrogens with two attached hydrogens (primary N) is 1. The van der Waals surface area contributed by atoms with Crippen LogP contribution in [-0.2, 0) is 17.8 Å². The van der Waals surface area contributed by atoms with Gasteiger partial charge in [-0.25, -0.2) is 4.98 Å². The van der Waals surface area contributed by atoms with Crippen molar-refractivity contribution in [2.75, 3.05) is 20.3 Å². The molecule has 0 saturated heterocycles. The van der Waals surface area contributed by atoms with Crippen LogP contribution in [0, 0.1) is 0 Å². The average Bonchev–Trinajstić information content (AvgIpc) is 3.09. The van der Waals surface area contributed by atoms with Gasteiger partial charge >= 0.3 is 0 Å². The van der Waals surface area contributed by atoms with Crippen molar-refractivity contribution in [1.82, 2.24) is 24.5 Å². The summed E-state index contributed by atoms with van der Waals surface area (Å²) in [5, 5.41) is 8.28. The minimum atomic E-state index is 0.531. The zero-order valence-electron chi connectivity index (χ0n) is 11.9. The summed E-state index contributed by atoms with van der Waals surface area (Å²) in [5.74, 6) is 0.802.